The second-order valence-electron chi connectivity index (χ2n) is 10.4. The number of benzene rings is 4. The molecule has 4 aromatic rings. The Balaban J connectivity index is 1.34. The maximum absolute atomic E-state index is 14.0. The quantitative estimate of drug-likeness (QED) is 0.0993. The van der Waals surface area contributed by atoms with E-state index >= 15 is 0 Å². The van der Waals surface area contributed by atoms with Gasteiger partial charge in [0.25, 0.3) is 11.6 Å². The molecule has 4 aromatic carbocycles. The van der Waals surface area contributed by atoms with Crippen LogP contribution in [0.25, 0.3) is 0 Å². The number of rotatable bonds is 10. The SMILES string of the molecule is CCCOc1ccc(N2C(=O)C3ON(c4cccc([N+](=O)[O-])c4)C(c4ccc(OS(=O)(=O)c5ccccc5)cc4)C3C2=O)cc1. The highest BCUT2D eigenvalue weighted by atomic mass is 32.2. The van der Waals surface area contributed by atoms with Crippen LogP contribution in [0, 0.1) is 16.0 Å². The molecule has 0 N–H and O–H groups in total. The first-order valence-electron chi connectivity index (χ1n) is 14.1. The number of carbonyl (C=O) groups is 2. The summed E-state index contributed by atoms with van der Waals surface area (Å²) in [5.74, 6) is -1.49. The molecule has 13 heteroatoms. The molecule has 2 saturated heterocycles. The molecule has 12 nitrogen and oxygen atoms in total. The van der Waals surface area contributed by atoms with Gasteiger partial charge in [0.1, 0.15) is 22.3 Å². The summed E-state index contributed by atoms with van der Waals surface area (Å²) in [5.41, 5.74) is 0.902. The lowest BCUT2D eigenvalue weighted by Gasteiger charge is -2.28. The normalized spacial score (nSPS) is 19.4. The van der Waals surface area contributed by atoms with Crippen molar-refractivity contribution in [3.63, 3.8) is 0 Å². The van der Waals surface area contributed by atoms with Crippen molar-refractivity contribution in [2.45, 2.75) is 30.4 Å². The molecule has 45 heavy (non-hydrogen) atoms. The molecule has 2 aliphatic rings. The summed E-state index contributed by atoms with van der Waals surface area (Å²) in [6.45, 7) is 2.51. The van der Waals surface area contributed by atoms with Crippen LogP contribution >= 0.6 is 0 Å². The first-order chi connectivity index (χ1) is 21.7. The molecule has 2 fully saturated rings. The highest BCUT2D eigenvalue weighted by Crippen LogP contribution is 2.48. The Morgan fingerprint density at radius 2 is 1.53 bits per heavy atom. The second-order valence-corrected chi connectivity index (χ2v) is 11.9. The van der Waals surface area contributed by atoms with Crippen LogP contribution < -0.4 is 18.9 Å². The molecular weight excluding hydrogens is 602 g/mol. The number of carbonyl (C=O) groups excluding carboxylic acids is 2. The van der Waals surface area contributed by atoms with Gasteiger partial charge < -0.3 is 8.92 Å². The molecule has 0 radical (unpaired) electrons. The Morgan fingerprint density at radius 3 is 2.20 bits per heavy atom. The average Bonchev–Trinajstić information content (AvgIpc) is 3.56. The fourth-order valence-corrected chi connectivity index (χ4v) is 6.32. The van der Waals surface area contributed by atoms with Crippen LogP contribution in [0.5, 0.6) is 11.5 Å². The molecule has 6 rings (SSSR count). The van der Waals surface area contributed by atoms with Crippen molar-refractivity contribution in [3.8, 4) is 11.5 Å². The molecule has 3 unspecified atom stereocenters. The lowest BCUT2D eigenvalue weighted by atomic mass is 9.90. The van der Waals surface area contributed by atoms with Crippen LogP contribution in [0.4, 0.5) is 17.1 Å². The van der Waals surface area contributed by atoms with Gasteiger partial charge in [0.05, 0.1) is 28.9 Å². The molecule has 0 aromatic heterocycles. The number of hydroxylamine groups is 1. The summed E-state index contributed by atoms with van der Waals surface area (Å²) in [7, 11) is -4.10. The molecule has 3 atom stereocenters. The molecule has 0 bridgehead atoms. The molecule has 230 valence electrons. The molecular formula is C32H27N3O9S. The van der Waals surface area contributed by atoms with Gasteiger partial charge in [-0.25, -0.2) is 9.96 Å². The summed E-state index contributed by atoms with van der Waals surface area (Å²) < 4.78 is 36.4. The summed E-state index contributed by atoms with van der Waals surface area (Å²) >= 11 is 0. The number of anilines is 2. The van der Waals surface area contributed by atoms with E-state index in [1.165, 1.54) is 47.5 Å². The van der Waals surface area contributed by atoms with Gasteiger partial charge in [-0.05, 0) is 66.6 Å². The van der Waals surface area contributed by atoms with E-state index in [1.54, 1.807) is 60.7 Å². The molecule has 2 amide bonds. The number of nitro benzene ring substituents is 1. The van der Waals surface area contributed by atoms with Crippen molar-refractivity contribution < 1.29 is 36.7 Å². The van der Waals surface area contributed by atoms with Gasteiger partial charge in [0.15, 0.2) is 6.10 Å². The highest BCUT2D eigenvalue weighted by Gasteiger charge is 2.60. The number of fused-ring (bicyclic) bond motifs is 1. The van der Waals surface area contributed by atoms with Gasteiger partial charge in [-0.3, -0.25) is 24.5 Å². The fraction of sp³-hybridized carbons (Fsp3) is 0.188. The molecule has 0 aliphatic carbocycles. The first-order valence-corrected chi connectivity index (χ1v) is 15.5. The van der Waals surface area contributed by atoms with Gasteiger partial charge >= 0.3 is 10.1 Å². The number of ether oxygens (including phenoxy) is 1. The summed E-state index contributed by atoms with van der Waals surface area (Å²) in [5, 5.41) is 12.8. The van der Waals surface area contributed by atoms with Gasteiger partial charge in [0, 0.05) is 12.1 Å². The molecule has 0 spiro atoms. The Morgan fingerprint density at radius 1 is 0.844 bits per heavy atom. The minimum atomic E-state index is -4.10. The van der Waals surface area contributed by atoms with E-state index in [1.807, 2.05) is 6.92 Å². The smallest absolute Gasteiger partial charge is 0.339 e. The fourth-order valence-electron chi connectivity index (χ4n) is 5.37. The van der Waals surface area contributed by atoms with Gasteiger partial charge in [-0.1, -0.05) is 43.3 Å². The monoisotopic (exact) mass is 629 g/mol. The summed E-state index contributed by atoms with van der Waals surface area (Å²) in [6.07, 6.45) is -0.392. The number of non-ortho nitro benzene ring substituents is 1. The Kier molecular flexibility index (Phi) is 7.96. The minimum absolute atomic E-state index is 0.0157. The average molecular weight is 630 g/mol. The molecule has 2 aliphatic heterocycles. The third-order valence-corrected chi connectivity index (χ3v) is 8.70. The van der Waals surface area contributed by atoms with Crippen LogP contribution in [0.2, 0.25) is 0 Å². The lowest BCUT2D eigenvalue weighted by Crippen LogP contribution is -2.37. The van der Waals surface area contributed by atoms with E-state index in [-0.39, 0.29) is 22.0 Å². The third kappa shape index (κ3) is 5.70. The predicted molar refractivity (Wildman–Crippen MR) is 162 cm³/mol. The Bertz CT molecular complexity index is 1850. The van der Waals surface area contributed by atoms with Crippen LogP contribution in [-0.2, 0) is 24.5 Å². The predicted octanol–water partition coefficient (Wildman–Crippen LogP) is 5.20. The van der Waals surface area contributed by atoms with Crippen molar-refractivity contribution in [2.24, 2.45) is 5.92 Å². The zero-order chi connectivity index (χ0) is 31.7. The number of hydrogen-bond acceptors (Lipinski definition) is 10. The highest BCUT2D eigenvalue weighted by molar-refractivity contribution is 7.87. The first kappa shape index (κ1) is 29.8. The number of nitrogens with zero attached hydrogens (tertiary/aromatic N) is 3. The van der Waals surface area contributed by atoms with Gasteiger partial charge in [-0.15, -0.1) is 0 Å². The topological polar surface area (TPSA) is 146 Å². The Labute approximate surface area is 258 Å². The van der Waals surface area contributed by atoms with Crippen molar-refractivity contribution in [1.82, 2.24) is 0 Å². The van der Waals surface area contributed by atoms with E-state index in [4.69, 9.17) is 13.8 Å². The van der Waals surface area contributed by atoms with E-state index in [0.29, 0.717) is 23.6 Å². The van der Waals surface area contributed by atoms with Crippen LogP contribution in [-0.4, -0.2) is 37.9 Å². The van der Waals surface area contributed by atoms with Crippen molar-refractivity contribution in [2.75, 3.05) is 16.6 Å². The maximum atomic E-state index is 14.0. The largest absolute Gasteiger partial charge is 0.494 e. The maximum Gasteiger partial charge on any atom is 0.339 e. The molecule has 2 heterocycles. The second kappa shape index (κ2) is 12.0. The van der Waals surface area contributed by atoms with E-state index in [0.717, 1.165) is 11.3 Å². The van der Waals surface area contributed by atoms with Crippen molar-refractivity contribution in [1.29, 1.82) is 0 Å². The lowest BCUT2D eigenvalue weighted by molar-refractivity contribution is -0.384. The van der Waals surface area contributed by atoms with Crippen LogP contribution in [0.15, 0.2) is 108 Å². The third-order valence-electron chi connectivity index (χ3n) is 7.44. The van der Waals surface area contributed by atoms with Crippen LogP contribution in [0.1, 0.15) is 24.9 Å². The van der Waals surface area contributed by atoms with Gasteiger partial charge in [-0.2, -0.15) is 8.42 Å². The standard InChI is InChI=1S/C32H27N3O9S/c1-2-19-42-25-17-13-22(14-18-25)33-31(36)28-29(34(43-30(28)32(33)37)23-7-6-8-24(20-23)35(38)39)21-11-15-26(16-12-21)44-45(40,41)27-9-4-3-5-10-27/h3-18,20,28-30H,2,19H2,1H3. The number of nitro groups is 1. The van der Waals surface area contributed by atoms with E-state index in [2.05, 4.69) is 0 Å². The summed E-state index contributed by atoms with van der Waals surface area (Å²) in [6, 6.07) is 25.0. The number of amides is 2. The van der Waals surface area contributed by atoms with Crippen molar-refractivity contribution >= 4 is 39.0 Å². The Hall–Kier alpha value is -5.27. The zero-order valence-electron chi connectivity index (χ0n) is 23.9. The van der Waals surface area contributed by atoms with E-state index < -0.39 is 44.9 Å². The van der Waals surface area contributed by atoms with E-state index in [9.17, 15) is 28.1 Å². The number of hydrogen-bond donors (Lipinski definition) is 0. The summed E-state index contributed by atoms with van der Waals surface area (Å²) in [4.78, 5) is 45.7. The van der Waals surface area contributed by atoms with Gasteiger partial charge in [0.2, 0.25) is 5.91 Å². The minimum Gasteiger partial charge on any atom is -0.494 e. The number of imide groups is 1. The molecule has 0 saturated carbocycles. The van der Waals surface area contributed by atoms with Crippen molar-refractivity contribution in [3.05, 3.63) is 119 Å². The zero-order valence-corrected chi connectivity index (χ0v) is 24.7. The van der Waals surface area contributed by atoms with Crippen LogP contribution in [0.3, 0.4) is 0 Å².